The van der Waals surface area contributed by atoms with E-state index in [0.29, 0.717) is 37.4 Å². The summed E-state index contributed by atoms with van der Waals surface area (Å²) in [5, 5.41) is 2.97. The summed E-state index contributed by atoms with van der Waals surface area (Å²) in [6.45, 7) is 6.41. The van der Waals surface area contributed by atoms with E-state index >= 15 is 0 Å². The molecule has 2 fully saturated rings. The molecular formula is C21H33N3O4S. The van der Waals surface area contributed by atoms with Crippen molar-refractivity contribution in [2.24, 2.45) is 0 Å². The van der Waals surface area contributed by atoms with Crippen molar-refractivity contribution in [2.75, 3.05) is 52.5 Å². The summed E-state index contributed by atoms with van der Waals surface area (Å²) in [5.74, 6) is 0.0389. The minimum atomic E-state index is -3.39. The van der Waals surface area contributed by atoms with E-state index in [2.05, 4.69) is 10.2 Å². The van der Waals surface area contributed by atoms with Crippen molar-refractivity contribution in [3.05, 3.63) is 29.8 Å². The maximum absolute atomic E-state index is 12.7. The molecule has 162 valence electrons. The zero-order chi connectivity index (χ0) is 20.5. The van der Waals surface area contributed by atoms with Crippen molar-refractivity contribution in [3.8, 4) is 0 Å². The Morgan fingerprint density at radius 2 is 1.69 bits per heavy atom. The summed E-state index contributed by atoms with van der Waals surface area (Å²) >= 11 is 0. The minimum absolute atomic E-state index is 0.0389. The number of ether oxygens (including phenoxy) is 1. The maximum Gasteiger partial charge on any atom is 0.243 e. The molecule has 0 spiro atoms. The van der Waals surface area contributed by atoms with Gasteiger partial charge in [-0.25, -0.2) is 8.42 Å². The van der Waals surface area contributed by atoms with E-state index in [4.69, 9.17) is 4.74 Å². The fourth-order valence-corrected chi connectivity index (χ4v) is 5.30. The maximum atomic E-state index is 12.7. The first-order valence-electron chi connectivity index (χ1n) is 10.7. The van der Waals surface area contributed by atoms with Crippen LogP contribution in [0.15, 0.2) is 29.2 Å². The molecule has 2 aliphatic rings. The van der Waals surface area contributed by atoms with Gasteiger partial charge in [0.1, 0.15) is 0 Å². The van der Waals surface area contributed by atoms with Gasteiger partial charge in [-0.1, -0.05) is 18.6 Å². The van der Waals surface area contributed by atoms with Crippen LogP contribution in [0.4, 0.5) is 0 Å². The second-order valence-electron chi connectivity index (χ2n) is 7.77. The van der Waals surface area contributed by atoms with Gasteiger partial charge in [0.2, 0.25) is 15.9 Å². The molecule has 1 aromatic carbocycles. The Morgan fingerprint density at radius 3 is 2.38 bits per heavy atom. The standard InChI is InChI=1S/C21H33N3O4S/c25-21(22-11-4-12-23-15-17-28-18-16-23)10-7-19-5-8-20(9-6-19)29(26,27)24-13-2-1-3-14-24/h5-6,8-9H,1-4,7,10-18H2,(H,22,25). The Labute approximate surface area is 174 Å². The summed E-state index contributed by atoms with van der Waals surface area (Å²) < 4.78 is 32.3. The molecule has 1 amide bonds. The lowest BCUT2D eigenvalue weighted by Gasteiger charge is -2.26. The number of hydrogen-bond acceptors (Lipinski definition) is 5. The number of amides is 1. The van der Waals surface area contributed by atoms with Gasteiger partial charge in [0.05, 0.1) is 18.1 Å². The molecule has 2 aliphatic heterocycles. The molecule has 0 unspecified atom stereocenters. The molecule has 0 bridgehead atoms. The van der Waals surface area contributed by atoms with E-state index in [1.165, 1.54) is 0 Å². The molecular weight excluding hydrogens is 390 g/mol. The van der Waals surface area contributed by atoms with E-state index in [-0.39, 0.29) is 5.91 Å². The SMILES string of the molecule is O=C(CCc1ccc(S(=O)(=O)N2CCCCC2)cc1)NCCCN1CCOCC1. The molecule has 2 heterocycles. The third-order valence-corrected chi connectivity index (χ3v) is 7.51. The van der Waals surface area contributed by atoms with Crippen LogP contribution < -0.4 is 5.32 Å². The molecule has 29 heavy (non-hydrogen) atoms. The quantitative estimate of drug-likeness (QED) is 0.611. The monoisotopic (exact) mass is 423 g/mol. The molecule has 7 nitrogen and oxygen atoms in total. The molecule has 0 radical (unpaired) electrons. The summed E-state index contributed by atoms with van der Waals surface area (Å²) in [6.07, 6.45) is 4.92. The number of nitrogens with zero attached hydrogens (tertiary/aromatic N) is 2. The molecule has 8 heteroatoms. The Bertz CT molecular complexity index is 740. The zero-order valence-electron chi connectivity index (χ0n) is 17.1. The summed E-state index contributed by atoms with van der Waals surface area (Å²) in [7, 11) is -3.39. The van der Waals surface area contributed by atoms with Crippen LogP contribution in [0.1, 0.15) is 37.7 Å². The molecule has 1 N–H and O–H groups in total. The van der Waals surface area contributed by atoms with Crippen molar-refractivity contribution in [1.82, 2.24) is 14.5 Å². The Hall–Kier alpha value is -1.48. The highest BCUT2D eigenvalue weighted by Crippen LogP contribution is 2.21. The normalized spacial score (nSPS) is 19.2. The summed E-state index contributed by atoms with van der Waals surface area (Å²) in [6, 6.07) is 6.98. The predicted molar refractivity (Wildman–Crippen MR) is 112 cm³/mol. The summed E-state index contributed by atoms with van der Waals surface area (Å²) in [5.41, 5.74) is 0.978. The first-order valence-corrected chi connectivity index (χ1v) is 12.2. The smallest absolute Gasteiger partial charge is 0.243 e. The van der Waals surface area contributed by atoms with Crippen LogP contribution >= 0.6 is 0 Å². The molecule has 0 aliphatic carbocycles. The van der Waals surface area contributed by atoms with E-state index in [0.717, 1.165) is 64.1 Å². The first kappa shape index (κ1) is 22.2. The van der Waals surface area contributed by atoms with E-state index in [1.807, 2.05) is 12.1 Å². The van der Waals surface area contributed by atoms with Crippen LogP contribution in [-0.4, -0.2) is 76.0 Å². The number of piperidine rings is 1. The average molecular weight is 424 g/mol. The number of rotatable bonds is 9. The Balaban J connectivity index is 1.37. The highest BCUT2D eigenvalue weighted by molar-refractivity contribution is 7.89. The number of benzene rings is 1. The minimum Gasteiger partial charge on any atom is -0.379 e. The Morgan fingerprint density at radius 1 is 1.00 bits per heavy atom. The van der Waals surface area contributed by atoms with Gasteiger partial charge in [-0.15, -0.1) is 0 Å². The van der Waals surface area contributed by atoms with Gasteiger partial charge >= 0.3 is 0 Å². The number of sulfonamides is 1. The molecule has 1 aromatic rings. The van der Waals surface area contributed by atoms with Crippen LogP contribution in [0, 0.1) is 0 Å². The van der Waals surface area contributed by atoms with Crippen molar-refractivity contribution >= 4 is 15.9 Å². The van der Waals surface area contributed by atoms with E-state index in [1.54, 1.807) is 16.4 Å². The van der Waals surface area contributed by atoms with Crippen molar-refractivity contribution < 1.29 is 17.9 Å². The number of carbonyl (C=O) groups is 1. The van der Waals surface area contributed by atoms with Crippen molar-refractivity contribution in [1.29, 1.82) is 0 Å². The number of carbonyl (C=O) groups excluding carboxylic acids is 1. The van der Waals surface area contributed by atoms with E-state index < -0.39 is 10.0 Å². The zero-order valence-corrected chi connectivity index (χ0v) is 18.0. The first-order chi connectivity index (χ1) is 14.1. The van der Waals surface area contributed by atoms with Gasteiger partial charge in [-0.05, 0) is 49.9 Å². The van der Waals surface area contributed by atoms with Crippen molar-refractivity contribution in [3.63, 3.8) is 0 Å². The highest BCUT2D eigenvalue weighted by Gasteiger charge is 2.25. The molecule has 0 saturated carbocycles. The van der Waals surface area contributed by atoms with Crippen molar-refractivity contribution in [2.45, 2.75) is 43.4 Å². The van der Waals surface area contributed by atoms with Crippen LogP contribution in [-0.2, 0) is 26.0 Å². The molecule has 2 saturated heterocycles. The van der Waals surface area contributed by atoms with Gasteiger partial charge < -0.3 is 10.1 Å². The third kappa shape index (κ3) is 6.77. The fraction of sp³-hybridized carbons (Fsp3) is 0.667. The van der Waals surface area contributed by atoms with Gasteiger partial charge in [0.25, 0.3) is 0 Å². The highest BCUT2D eigenvalue weighted by atomic mass is 32.2. The van der Waals surface area contributed by atoms with Gasteiger partial charge in [0.15, 0.2) is 0 Å². The molecule has 0 atom stereocenters. The Kier molecular flexibility index (Phi) is 8.47. The van der Waals surface area contributed by atoms with Crippen LogP contribution in [0.2, 0.25) is 0 Å². The molecule has 0 aromatic heterocycles. The lowest BCUT2D eigenvalue weighted by molar-refractivity contribution is -0.121. The van der Waals surface area contributed by atoms with Crippen LogP contribution in [0.5, 0.6) is 0 Å². The number of aryl methyl sites for hydroxylation is 1. The van der Waals surface area contributed by atoms with E-state index in [9.17, 15) is 13.2 Å². The average Bonchev–Trinajstić information content (AvgIpc) is 2.77. The second kappa shape index (κ2) is 11.1. The number of nitrogens with one attached hydrogen (secondary N) is 1. The fourth-order valence-electron chi connectivity index (χ4n) is 3.78. The molecule has 3 rings (SSSR count). The summed E-state index contributed by atoms with van der Waals surface area (Å²) in [4.78, 5) is 14.8. The largest absolute Gasteiger partial charge is 0.379 e. The van der Waals surface area contributed by atoms with Crippen LogP contribution in [0.25, 0.3) is 0 Å². The number of morpholine rings is 1. The topological polar surface area (TPSA) is 79.0 Å². The lowest BCUT2D eigenvalue weighted by atomic mass is 10.1. The lowest BCUT2D eigenvalue weighted by Crippen LogP contribution is -2.38. The van der Waals surface area contributed by atoms with Gasteiger partial charge in [0, 0.05) is 39.1 Å². The number of hydrogen-bond donors (Lipinski definition) is 1. The predicted octanol–water partition coefficient (Wildman–Crippen LogP) is 1.63. The van der Waals surface area contributed by atoms with Crippen LogP contribution in [0.3, 0.4) is 0 Å². The van der Waals surface area contributed by atoms with Gasteiger partial charge in [-0.3, -0.25) is 9.69 Å². The third-order valence-electron chi connectivity index (χ3n) is 5.59. The second-order valence-corrected chi connectivity index (χ2v) is 9.70. The van der Waals surface area contributed by atoms with Gasteiger partial charge in [-0.2, -0.15) is 4.31 Å².